The van der Waals surface area contributed by atoms with E-state index in [9.17, 15) is 0 Å². The van der Waals surface area contributed by atoms with E-state index < -0.39 is 0 Å². The second kappa shape index (κ2) is 5.22. The summed E-state index contributed by atoms with van der Waals surface area (Å²) in [5, 5.41) is 9.00. The summed E-state index contributed by atoms with van der Waals surface area (Å²) in [7, 11) is 0. The molecule has 1 aromatic carbocycles. The Bertz CT molecular complexity index is 288. The van der Waals surface area contributed by atoms with Crippen LogP contribution in [0.15, 0.2) is 23.1 Å². The molecule has 0 amide bonds. The first-order valence-electron chi connectivity index (χ1n) is 3.95. The van der Waals surface area contributed by atoms with Crippen molar-refractivity contribution in [1.82, 2.24) is 0 Å². The van der Waals surface area contributed by atoms with Crippen LogP contribution in [-0.4, -0.2) is 18.0 Å². The van der Waals surface area contributed by atoms with Crippen molar-refractivity contribution in [1.29, 1.82) is 0 Å². The van der Waals surface area contributed by atoms with Crippen LogP contribution < -0.4 is 0 Å². The second-order valence-corrected chi connectivity index (χ2v) is 4.94. The van der Waals surface area contributed by atoms with E-state index >= 15 is 0 Å². The van der Waals surface area contributed by atoms with Crippen LogP contribution in [0.25, 0.3) is 0 Å². The van der Waals surface area contributed by atoms with Crippen molar-refractivity contribution in [3.63, 3.8) is 0 Å². The van der Waals surface area contributed by atoms with Crippen molar-refractivity contribution in [3.8, 4) is 0 Å². The number of thioether (sulfide) groups is 1. The number of hydrogen-bond donors (Lipinski definition) is 1. The number of hydrogen-bond acceptors (Lipinski definition) is 2. The molecule has 0 aliphatic heterocycles. The molecule has 1 radical (unpaired) electrons. The van der Waals surface area contributed by atoms with Gasteiger partial charge in [-0.3, -0.25) is 0 Å². The zero-order valence-corrected chi connectivity index (χ0v) is 10.6. The summed E-state index contributed by atoms with van der Waals surface area (Å²) < 4.78 is 1.22. The van der Waals surface area contributed by atoms with Crippen LogP contribution in [0.1, 0.15) is 12.5 Å². The Morgan fingerprint density at radius 2 is 2.15 bits per heavy atom. The van der Waals surface area contributed by atoms with E-state index in [1.807, 2.05) is 6.92 Å². The van der Waals surface area contributed by atoms with Gasteiger partial charge in [0.1, 0.15) is 0 Å². The molecular formula is C10H12IOS. The van der Waals surface area contributed by atoms with Crippen molar-refractivity contribution in [3.05, 3.63) is 33.3 Å². The lowest BCUT2D eigenvalue weighted by atomic mass is 10.0. The maximum absolute atomic E-state index is 9.00. The van der Waals surface area contributed by atoms with Gasteiger partial charge in [-0.25, -0.2) is 0 Å². The fourth-order valence-corrected chi connectivity index (χ4v) is 2.39. The molecule has 0 saturated heterocycles. The normalized spacial score (nSPS) is 10.8. The van der Waals surface area contributed by atoms with Gasteiger partial charge >= 0.3 is 0 Å². The van der Waals surface area contributed by atoms with Gasteiger partial charge < -0.3 is 5.11 Å². The van der Waals surface area contributed by atoms with Crippen LogP contribution >= 0.6 is 34.4 Å². The monoisotopic (exact) mass is 307 g/mol. The van der Waals surface area contributed by atoms with Crippen molar-refractivity contribution >= 4 is 34.4 Å². The molecule has 0 bridgehead atoms. The summed E-state index contributed by atoms with van der Waals surface area (Å²) >= 11 is 4.02. The minimum Gasteiger partial charge on any atom is -0.395 e. The van der Waals surface area contributed by atoms with Crippen molar-refractivity contribution in [2.24, 2.45) is 0 Å². The number of aliphatic hydroxyl groups excluding tert-OH is 1. The highest BCUT2D eigenvalue weighted by Gasteiger charge is 2.06. The fourth-order valence-electron chi connectivity index (χ4n) is 1.02. The van der Waals surface area contributed by atoms with Crippen LogP contribution in [0.2, 0.25) is 0 Å². The number of halogens is 1. The largest absolute Gasteiger partial charge is 0.395 e. The highest BCUT2D eigenvalue weighted by atomic mass is 127. The third kappa shape index (κ3) is 3.14. The van der Waals surface area contributed by atoms with Gasteiger partial charge in [0, 0.05) is 14.4 Å². The maximum atomic E-state index is 9.00. The van der Waals surface area contributed by atoms with Crippen molar-refractivity contribution in [2.45, 2.75) is 11.8 Å². The first-order valence-corrected chi connectivity index (χ1v) is 6.26. The maximum Gasteiger partial charge on any atom is 0.0534 e. The SMILES string of the molecule is CSc1cc(I)cc([C](C)CO)c1. The Balaban J connectivity index is 3.01. The first-order chi connectivity index (χ1) is 6.17. The smallest absolute Gasteiger partial charge is 0.0534 e. The van der Waals surface area contributed by atoms with E-state index in [4.69, 9.17) is 5.11 Å². The third-order valence-corrected chi connectivity index (χ3v) is 3.17. The minimum atomic E-state index is 0.133. The summed E-state index contributed by atoms with van der Waals surface area (Å²) in [6.45, 7) is 2.09. The Labute approximate surface area is 97.1 Å². The molecule has 0 aliphatic carbocycles. The number of aliphatic hydroxyl groups is 1. The second-order valence-electron chi connectivity index (χ2n) is 2.82. The molecule has 0 unspecified atom stereocenters. The van der Waals surface area contributed by atoms with Gasteiger partial charge in [-0.1, -0.05) is 6.92 Å². The molecular weight excluding hydrogens is 295 g/mol. The summed E-state index contributed by atoms with van der Waals surface area (Å²) in [6.07, 6.45) is 2.06. The average Bonchev–Trinajstić information content (AvgIpc) is 2.15. The Kier molecular flexibility index (Phi) is 4.55. The number of benzene rings is 1. The molecule has 0 heterocycles. The molecule has 1 aromatic rings. The predicted molar refractivity (Wildman–Crippen MR) is 66.0 cm³/mol. The van der Waals surface area contributed by atoms with E-state index in [0.29, 0.717) is 0 Å². The van der Waals surface area contributed by atoms with Gasteiger partial charge in [-0.15, -0.1) is 11.8 Å². The highest BCUT2D eigenvalue weighted by Crippen LogP contribution is 2.24. The van der Waals surface area contributed by atoms with Gasteiger partial charge in [-0.2, -0.15) is 0 Å². The molecule has 3 heteroatoms. The Hall–Kier alpha value is 0.260. The van der Waals surface area contributed by atoms with Crippen molar-refractivity contribution in [2.75, 3.05) is 12.9 Å². The summed E-state index contributed by atoms with van der Waals surface area (Å²) in [6, 6.07) is 6.34. The van der Waals surface area contributed by atoms with Crippen LogP contribution in [0, 0.1) is 9.49 Å². The molecule has 0 spiro atoms. The van der Waals surface area contributed by atoms with Gasteiger partial charge in [0.25, 0.3) is 0 Å². The van der Waals surface area contributed by atoms with E-state index in [-0.39, 0.29) is 6.61 Å². The fraction of sp³-hybridized carbons (Fsp3) is 0.300. The van der Waals surface area contributed by atoms with Crippen molar-refractivity contribution < 1.29 is 5.11 Å². The van der Waals surface area contributed by atoms with E-state index in [1.165, 1.54) is 8.47 Å². The van der Waals surface area contributed by atoms with Gasteiger partial charge in [-0.05, 0) is 52.6 Å². The standard InChI is InChI=1S/C10H12IOS/c1-7(6-12)8-3-9(11)5-10(4-8)13-2/h3-5,12H,6H2,1-2H3. The molecule has 0 atom stereocenters. The molecule has 1 N–H and O–H groups in total. The Morgan fingerprint density at radius 3 is 2.69 bits per heavy atom. The summed E-state index contributed by atoms with van der Waals surface area (Å²) in [5.74, 6) is 1.02. The van der Waals surface area contributed by atoms with Crippen LogP contribution in [-0.2, 0) is 0 Å². The molecule has 0 aromatic heterocycles. The third-order valence-electron chi connectivity index (χ3n) is 1.84. The minimum absolute atomic E-state index is 0.133. The lowest BCUT2D eigenvalue weighted by molar-refractivity contribution is 0.315. The lowest BCUT2D eigenvalue weighted by Gasteiger charge is -2.09. The predicted octanol–water partition coefficient (Wildman–Crippen LogP) is 2.95. The van der Waals surface area contributed by atoms with E-state index in [0.717, 1.165) is 11.5 Å². The van der Waals surface area contributed by atoms with Gasteiger partial charge in [0.2, 0.25) is 0 Å². The zero-order chi connectivity index (χ0) is 9.84. The zero-order valence-electron chi connectivity index (χ0n) is 7.67. The molecule has 0 saturated carbocycles. The highest BCUT2D eigenvalue weighted by molar-refractivity contribution is 14.1. The average molecular weight is 307 g/mol. The molecule has 1 rings (SSSR count). The lowest BCUT2D eigenvalue weighted by Crippen LogP contribution is -2.00. The Morgan fingerprint density at radius 1 is 1.46 bits per heavy atom. The quantitative estimate of drug-likeness (QED) is 0.684. The summed E-state index contributed by atoms with van der Waals surface area (Å²) in [5.41, 5.74) is 1.14. The first kappa shape index (κ1) is 11.3. The van der Waals surface area contributed by atoms with Gasteiger partial charge in [0.05, 0.1) is 6.61 Å². The summed E-state index contributed by atoms with van der Waals surface area (Å²) in [4.78, 5) is 1.25. The van der Waals surface area contributed by atoms with Crippen LogP contribution in [0.3, 0.4) is 0 Å². The molecule has 0 fully saturated rings. The van der Waals surface area contributed by atoms with Crippen LogP contribution in [0.4, 0.5) is 0 Å². The van der Waals surface area contributed by atoms with Crippen LogP contribution in [0.5, 0.6) is 0 Å². The molecule has 71 valence electrons. The topological polar surface area (TPSA) is 20.2 Å². The van der Waals surface area contributed by atoms with E-state index in [2.05, 4.69) is 47.0 Å². The molecule has 0 aliphatic rings. The molecule has 13 heavy (non-hydrogen) atoms. The van der Waals surface area contributed by atoms with Gasteiger partial charge in [0.15, 0.2) is 0 Å². The molecule has 1 nitrogen and oxygen atoms in total. The number of rotatable bonds is 3. The van der Waals surface area contributed by atoms with E-state index in [1.54, 1.807) is 11.8 Å².